The highest BCUT2D eigenvalue weighted by atomic mass is 35.5. The van der Waals surface area contributed by atoms with Crippen LogP contribution in [0.4, 0.5) is 0 Å². The van der Waals surface area contributed by atoms with E-state index in [1.165, 1.54) is 38.3 Å². The number of nitrogens with zero attached hydrogens (tertiary/aromatic N) is 6. The molecular formula is C22H20ClN7O6S. The summed E-state index contributed by atoms with van der Waals surface area (Å²) in [6.45, 7) is 0. The fraction of sp³-hybridized carbons (Fsp3) is 0.182. The minimum absolute atomic E-state index is 0.0566. The Kier molecular flexibility index (Phi) is 7.50. The molecule has 1 aromatic carbocycles. The molecule has 0 aliphatic carbocycles. The van der Waals surface area contributed by atoms with E-state index in [2.05, 4.69) is 25.1 Å². The Morgan fingerprint density at radius 3 is 2.24 bits per heavy atom. The van der Waals surface area contributed by atoms with Gasteiger partial charge in [0.1, 0.15) is 34.5 Å². The van der Waals surface area contributed by atoms with Crippen LogP contribution < -0.4 is 18.9 Å². The lowest BCUT2D eigenvalue weighted by atomic mass is 10.2. The zero-order chi connectivity index (χ0) is 26.6. The molecule has 0 aliphatic rings. The molecular weight excluding hydrogens is 526 g/mol. The van der Waals surface area contributed by atoms with Crippen molar-refractivity contribution in [3.63, 3.8) is 0 Å². The second-order valence-electron chi connectivity index (χ2n) is 7.27. The topological polar surface area (TPSA) is 160 Å². The maximum atomic E-state index is 13.3. The molecule has 0 atom stereocenters. The van der Waals surface area contributed by atoms with E-state index in [-0.39, 0.29) is 39.8 Å². The standard InChI is InChI=1S/C22H20ClN7O6S/c1-34-15-7-5-8-16(35-2)19(15)30-20(14-6-4-9-18(26-14)36-3)27-28-21(30)22(31)29-37(32,33)12-17-24-10-13(23)11-25-17/h4-11H,12H2,1-3H3,(H,29,31). The molecule has 0 unspecified atom stereocenters. The minimum atomic E-state index is -4.24. The summed E-state index contributed by atoms with van der Waals surface area (Å²) in [5.41, 5.74) is 0.539. The molecule has 3 aromatic heterocycles. The predicted molar refractivity (Wildman–Crippen MR) is 131 cm³/mol. The fourth-order valence-electron chi connectivity index (χ4n) is 3.32. The molecule has 1 N–H and O–H groups in total. The van der Waals surface area contributed by atoms with Crippen molar-refractivity contribution in [1.29, 1.82) is 0 Å². The van der Waals surface area contributed by atoms with E-state index in [1.807, 2.05) is 4.72 Å². The van der Waals surface area contributed by atoms with Gasteiger partial charge in [0, 0.05) is 18.5 Å². The van der Waals surface area contributed by atoms with Crippen LogP contribution in [0.3, 0.4) is 0 Å². The molecule has 0 saturated carbocycles. The van der Waals surface area contributed by atoms with Crippen molar-refractivity contribution < 1.29 is 27.4 Å². The summed E-state index contributed by atoms with van der Waals surface area (Å²) in [6, 6.07) is 9.89. The first-order chi connectivity index (χ1) is 17.8. The van der Waals surface area contributed by atoms with E-state index < -0.39 is 21.7 Å². The Morgan fingerprint density at radius 1 is 0.973 bits per heavy atom. The number of sulfonamides is 1. The molecule has 192 valence electrons. The fourth-order valence-corrected chi connectivity index (χ4v) is 4.35. The smallest absolute Gasteiger partial charge is 0.303 e. The van der Waals surface area contributed by atoms with E-state index in [0.717, 1.165) is 0 Å². The van der Waals surface area contributed by atoms with E-state index in [0.29, 0.717) is 11.5 Å². The zero-order valence-corrected chi connectivity index (χ0v) is 21.3. The van der Waals surface area contributed by atoms with Crippen LogP contribution in [-0.2, 0) is 15.8 Å². The van der Waals surface area contributed by atoms with Gasteiger partial charge in [0.05, 0.1) is 26.4 Å². The van der Waals surface area contributed by atoms with Crippen LogP contribution in [0.2, 0.25) is 5.02 Å². The van der Waals surface area contributed by atoms with Crippen molar-refractivity contribution in [2.24, 2.45) is 0 Å². The molecule has 15 heteroatoms. The van der Waals surface area contributed by atoms with Gasteiger partial charge in [-0.1, -0.05) is 23.7 Å². The summed E-state index contributed by atoms with van der Waals surface area (Å²) < 4.78 is 44.9. The van der Waals surface area contributed by atoms with Crippen LogP contribution in [0.25, 0.3) is 17.2 Å². The van der Waals surface area contributed by atoms with Crippen molar-refractivity contribution >= 4 is 27.5 Å². The third-order valence-electron chi connectivity index (χ3n) is 4.89. The first kappa shape index (κ1) is 25.8. The summed E-state index contributed by atoms with van der Waals surface area (Å²) in [5, 5.41) is 8.33. The van der Waals surface area contributed by atoms with Gasteiger partial charge in [-0.2, -0.15) is 0 Å². The molecule has 0 aliphatic heterocycles. The Morgan fingerprint density at radius 2 is 1.62 bits per heavy atom. The SMILES string of the molecule is COc1cccc(-c2nnc(C(=O)NS(=O)(=O)Cc3ncc(Cl)cn3)n2-c2c(OC)cccc2OC)n1. The molecule has 0 radical (unpaired) electrons. The number of carbonyl (C=O) groups is 1. The normalized spacial score (nSPS) is 11.1. The highest BCUT2D eigenvalue weighted by Crippen LogP contribution is 2.36. The van der Waals surface area contributed by atoms with Crippen molar-refractivity contribution in [1.82, 2.24) is 34.4 Å². The monoisotopic (exact) mass is 545 g/mol. The molecule has 1 amide bonds. The molecule has 3 heterocycles. The molecule has 37 heavy (non-hydrogen) atoms. The summed E-state index contributed by atoms with van der Waals surface area (Å²) in [6.07, 6.45) is 2.50. The average Bonchev–Trinajstić information content (AvgIpc) is 3.34. The second kappa shape index (κ2) is 10.8. The number of amides is 1. The molecule has 0 bridgehead atoms. The van der Waals surface area contributed by atoms with Gasteiger partial charge >= 0.3 is 5.91 Å². The average molecular weight is 546 g/mol. The molecule has 4 aromatic rings. The number of hydrogen-bond acceptors (Lipinski definition) is 11. The Hall–Kier alpha value is -4.30. The van der Waals surface area contributed by atoms with Crippen LogP contribution in [0.15, 0.2) is 48.8 Å². The van der Waals surface area contributed by atoms with Crippen LogP contribution in [0.5, 0.6) is 17.4 Å². The van der Waals surface area contributed by atoms with E-state index in [9.17, 15) is 13.2 Å². The van der Waals surface area contributed by atoms with Gasteiger partial charge in [0.25, 0.3) is 0 Å². The largest absolute Gasteiger partial charge is 0.494 e. The highest BCUT2D eigenvalue weighted by Gasteiger charge is 2.29. The van der Waals surface area contributed by atoms with E-state index in [1.54, 1.807) is 36.4 Å². The second-order valence-corrected chi connectivity index (χ2v) is 9.43. The van der Waals surface area contributed by atoms with Crippen LogP contribution in [0, 0.1) is 0 Å². The number of nitrogens with one attached hydrogen (secondary N) is 1. The first-order valence-electron chi connectivity index (χ1n) is 10.5. The number of methoxy groups -OCH3 is 3. The lowest BCUT2D eigenvalue weighted by Crippen LogP contribution is -2.34. The van der Waals surface area contributed by atoms with Gasteiger partial charge in [-0.15, -0.1) is 10.2 Å². The number of pyridine rings is 1. The Balaban J connectivity index is 1.82. The first-order valence-corrected chi connectivity index (χ1v) is 12.5. The van der Waals surface area contributed by atoms with Crippen molar-refractivity contribution in [3.8, 4) is 34.6 Å². The number of rotatable bonds is 9. The zero-order valence-electron chi connectivity index (χ0n) is 19.7. The molecule has 0 saturated heterocycles. The maximum absolute atomic E-state index is 13.3. The van der Waals surface area contributed by atoms with Crippen LogP contribution in [0.1, 0.15) is 16.4 Å². The summed E-state index contributed by atoms with van der Waals surface area (Å²) >= 11 is 5.75. The number of ether oxygens (including phenoxy) is 3. The van der Waals surface area contributed by atoms with Gasteiger partial charge in [-0.25, -0.2) is 28.1 Å². The minimum Gasteiger partial charge on any atom is -0.494 e. The van der Waals surface area contributed by atoms with Crippen molar-refractivity contribution in [2.75, 3.05) is 21.3 Å². The number of para-hydroxylation sites is 1. The predicted octanol–water partition coefficient (Wildman–Crippen LogP) is 2.06. The van der Waals surface area contributed by atoms with Gasteiger partial charge in [0.15, 0.2) is 5.82 Å². The molecule has 13 nitrogen and oxygen atoms in total. The third kappa shape index (κ3) is 5.59. The maximum Gasteiger partial charge on any atom is 0.303 e. The number of hydrogen-bond donors (Lipinski definition) is 1. The van der Waals surface area contributed by atoms with Crippen molar-refractivity contribution in [2.45, 2.75) is 5.75 Å². The molecule has 4 rings (SSSR count). The lowest BCUT2D eigenvalue weighted by Gasteiger charge is -2.17. The van der Waals surface area contributed by atoms with Crippen LogP contribution >= 0.6 is 11.6 Å². The Bertz CT molecular complexity index is 1520. The highest BCUT2D eigenvalue weighted by molar-refractivity contribution is 7.89. The lowest BCUT2D eigenvalue weighted by molar-refractivity contribution is 0.0969. The van der Waals surface area contributed by atoms with E-state index >= 15 is 0 Å². The number of aromatic nitrogens is 6. The van der Waals surface area contributed by atoms with Gasteiger partial charge < -0.3 is 14.2 Å². The third-order valence-corrected chi connectivity index (χ3v) is 6.22. The van der Waals surface area contributed by atoms with Gasteiger partial charge in [-0.05, 0) is 18.2 Å². The quantitative estimate of drug-likeness (QED) is 0.328. The summed E-state index contributed by atoms with van der Waals surface area (Å²) in [5.74, 6) is -1.18. The van der Waals surface area contributed by atoms with E-state index in [4.69, 9.17) is 25.8 Å². The van der Waals surface area contributed by atoms with Gasteiger partial charge in [-0.3, -0.25) is 9.36 Å². The van der Waals surface area contributed by atoms with Crippen LogP contribution in [-0.4, -0.2) is 65.4 Å². The number of halogens is 1. The Labute approximate surface area is 216 Å². The summed E-state index contributed by atoms with van der Waals surface area (Å²) in [7, 11) is 0.0804. The number of benzene rings is 1. The van der Waals surface area contributed by atoms with Gasteiger partial charge in [0.2, 0.25) is 21.7 Å². The summed E-state index contributed by atoms with van der Waals surface area (Å²) in [4.78, 5) is 25.3. The van der Waals surface area contributed by atoms with Crippen molar-refractivity contribution in [3.05, 3.63) is 65.5 Å². The number of carbonyl (C=O) groups excluding carboxylic acids is 1. The molecule has 0 fully saturated rings. The molecule has 0 spiro atoms.